The maximum atomic E-state index is 5.79. The Bertz CT molecular complexity index is 573. The maximum Gasteiger partial charge on any atom is 0.188 e. The molecule has 0 fully saturated rings. The molecule has 3 nitrogen and oxygen atoms in total. The molecule has 2 aromatic carbocycles. The standard InChI is InChI=1S/C16H21N3.HI/c1-12(2)19-16(17)18-11-10-14-8-5-7-13-6-3-4-9-15(13)14;/h3-9,12H,10-11H2,1-2H3,(H3,17,18,19);1H. The zero-order chi connectivity index (χ0) is 13.7. The van der Waals surface area contributed by atoms with Crippen molar-refractivity contribution in [3.8, 4) is 0 Å². The number of nitrogens with one attached hydrogen (secondary N) is 1. The van der Waals surface area contributed by atoms with Crippen LogP contribution < -0.4 is 11.1 Å². The average Bonchev–Trinajstić information content (AvgIpc) is 2.38. The first kappa shape index (κ1) is 16.8. The summed E-state index contributed by atoms with van der Waals surface area (Å²) in [5.74, 6) is 0.523. The Morgan fingerprint density at radius 1 is 1.15 bits per heavy atom. The SMILES string of the molecule is CC(C)NC(N)=NCCc1cccc2ccccc12.I. The number of halogens is 1. The largest absolute Gasteiger partial charge is 0.370 e. The predicted octanol–water partition coefficient (Wildman–Crippen LogP) is 3.31. The number of guanidine groups is 1. The summed E-state index contributed by atoms with van der Waals surface area (Å²) in [6.07, 6.45) is 0.905. The molecule has 0 bridgehead atoms. The predicted molar refractivity (Wildman–Crippen MR) is 97.8 cm³/mol. The van der Waals surface area contributed by atoms with Crippen LogP contribution in [0.4, 0.5) is 0 Å². The molecule has 4 heteroatoms. The van der Waals surface area contributed by atoms with Crippen LogP contribution in [0.3, 0.4) is 0 Å². The van der Waals surface area contributed by atoms with Gasteiger partial charge in [0, 0.05) is 12.6 Å². The lowest BCUT2D eigenvalue weighted by Crippen LogP contribution is -2.36. The topological polar surface area (TPSA) is 50.4 Å². The molecule has 2 aromatic rings. The summed E-state index contributed by atoms with van der Waals surface area (Å²) in [4.78, 5) is 4.35. The van der Waals surface area contributed by atoms with Crippen LogP contribution in [0.2, 0.25) is 0 Å². The van der Waals surface area contributed by atoms with Gasteiger partial charge in [0.25, 0.3) is 0 Å². The molecule has 0 atom stereocenters. The molecule has 0 spiro atoms. The number of benzene rings is 2. The molecule has 0 radical (unpaired) electrons. The van der Waals surface area contributed by atoms with Gasteiger partial charge in [0.2, 0.25) is 0 Å². The van der Waals surface area contributed by atoms with Crippen LogP contribution >= 0.6 is 24.0 Å². The van der Waals surface area contributed by atoms with E-state index >= 15 is 0 Å². The second-order valence-electron chi connectivity index (χ2n) is 4.95. The minimum absolute atomic E-state index is 0. The van der Waals surface area contributed by atoms with Gasteiger partial charge in [-0.05, 0) is 36.6 Å². The quantitative estimate of drug-likeness (QED) is 0.484. The lowest BCUT2D eigenvalue weighted by Gasteiger charge is -2.09. The van der Waals surface area contributed by atoms with Crippen molar-refractivity contribution in [3.63, 3.8) is 0 Å². The van der Waals surface area contributed by atoms with E-state index in [1.165, 1.54) is 16.3 Å². The van der Waals surface area contributed by atoms with E-state index in [2.05, 4.69) is 52.8 Å². The van der Waals surface area contributed by atoms with Gasteiger partial charge in [0.05, 0.1) is 0 Å². The summed E-state index contributed by atoms with van der Waals surface area (Å²) < 4.78 is 0. The highest BCUT2D eigenvalue weighted by Crippen LogP contribution is 2.18. The zero-order valence-electron chi connectivity index (χ0n) is 12.0. The van der Waals surface area contributed by atoms with Gasteiger partial charge in [-0.25, -0.2) is 0 Å². The Hall–Kier alpha value is -1.30. The molecule has 2 rings (SSSR count). The van der Waals surface area contributed by atoms with Gasteiger partial charge in [-0.2, -0.15) is 0 Å². The van der Waals surface area contributed by atoms with E-state index in [1.54, 1.807) is 0 Å². The van der Waals surface area contributed by atoms with Gasteiger partial charge in [-0.3, -0.25) is 4.99 Å². The molecular weight excluding hydrogens is 361 g/mol. The van der Waals surface area contributed by atoms with Crippen molar-refractivity contribution >= 4 is 40.7 Å². The van der Waals surface area contributed by atoms with E-state index in [0.717, 1.165) is 6.42 Å². The molecule has 0 aliphatic heterocycles. The third-order valence-electron chi connectivity index (χ3n) is 2.98. The number of hydrogen-bond acceptors (Lipinski definition) is 1. The molecule has 0 heterocycles. The second-order valence-corrected chi connectivity index (χ2v) is 4.95. The molecule has 0 aromatic heterocycles. The van der Waals surface area contributed by atoms with Crippen LogP contribution in [0, 0.1) is 0 Å². The highest BCUT2D eigenvalue weighted by molar-refractivity contribution is 14.0. The first-order valence-corrected chi connectivity index (χ1v) is 6.70. The Labute approximate surface area is 137 Å². The molecule has 3 N–H and O–H groups in total. The summed E-state index contributed by atoms with van der Waals surface area (Å²) in [7, 11) is 0. The van der Waals surface area contributed by atoms with Gasteiger partial charge in [-0.1, -0.05) is 42.5 Å². The Morgan fingerprint density at radius 3 is 2.60 bits per heavy atom. The highest BCUT2D eigenvalue weighted by atomic mass is 127. The number of nitrogens with zero attached hydrogens (tertiary/aromatic N) is 1. The fourth-order valence-electron chi connectivity index (χ4n) is 2.15. The highest BCUT2D eigenvalue weighted by Gasteiger charge is 2.00. The third kappa shape index (κ3) is 4.67. The monoisotopic (exact) mass is 383 g/mol. The summed E-state index contributed by atoms with van der Waals surface area (Å²) in [5, 5.41) is 5.67. The van der Waals surface area contributed by atoms with Gasteiger partial charge < -0.3 is 11.1 Å². The van der Waals surface area contributed by atoms with Crippen molar-refractivity contribution in [2.45, 2.75) is 26.3 Å². The van der Waals surface area contributed by atoms with Crippen molar-refractivity contribution in [1.82, 2.24) is 5.32 Å². The van der Waals surface area contributed by atoms with E-state index in [1.807, 2.05) is 13.8 Å². The molecule has 108 valence electrons. The van der Waals surface area contributed by atoms with Crippen molar-refractivity contribution in [2.75, 3.05) is 6.54 Å². The first-order chi connectivity index (χ1) is 9.16. The van der Waals surface area contributed by atoms with E-state index < -0.39 is 0 Å². The fraction of sp³-hybridized carbons (Fsp3) is 0.312. The molecular formula is C16H22IN3. The van der Waals surface area contributed by atoms with Crippen molar-refractivity contribution < 1.29 is 0 Å². The van der Waals surface area contributed by atoms with Crippen molar-refractivity contribution in [3.05, 3.63) is 48.0 Å². The van der Waals surface area contributed by atoms with Crippen LogP contribution in [0.15, 0.2) is 47.5 Å². The Kier molecular flexibility index (Phi) is 6.78. The molecule has 20 heavy (non-hydrogen) atoms. The minimum atomic E-state index is 0. The number of hydrogen-bond donors (Lipinski definition) is 2. The minimum Gasteiger partial charge on any atom is -0.370 e. The maximum absolute atomic E-state index is 5.79. The van der Waals surface area contributed by atoms with Gasteiger partial charge in [0.15, 0.2) is 5.96 Å². The average molecular weight is 383 g/mol. The van der Waals surface area contributed by atoms with Crippen molar-refractivity contribution in [2.24, 2.45) is 10.7 Å². The molecule has 0 saturated carbocycles. The van der Waals surface area contributed by atoms with Gasteiger partial charge >= 0.3 is 0 Å². The third-order valence-corrected chi connectivity index (χ3v) is 2.98. The lowest BCUT2D eigenvalue weighted by atomic mass is 10.0. The first-order valence-electron chi connectivity index (χ1n) is 6.70. The Morgan fingerprint density at radius 2 is 1.85 bits per heavy atom. The molecule has 0 aliphatic rings. The number of nitrogens with two attached hydrogens (primary N) is 1. The summed E-state index contributed by atoms with van der Waals surface area (Å²) in [5.41, 5.74) is 7.11. The van der Waals surface area contributed by atoms with Crippen LogP contribution in [-0.4, -0.2) is 18.5 Å². The molecule has 0 saturated heterocycles. The van der Waals surface area contributed by atoms with E-state index in [4.69, 9.17) is 5.73 Å². The Balaban J connectivity index is 0.00000200. The van der Waals surface area contributed by atoms with E-state index in [-0.39, 0.29) is 24.0 Å². The normalized spacial score (nSPS) is 11.4. The summed E-state index contributed by atoms with van der Waals surface area (Å²) >= 11 is 0. The van der Waals surface area contributed by atoms with E-state index in [9.17, 15) is 0 Å². The smallest absolute Gasteiger partial charge is 0.188 e. The number of rotatable bonds is 4. The molecule has 0 amide bonds. The van der Waals surface area contributed by atoms with Crippen molar-refractivity contribution in [1.29, 1.82) is 0 Å². The number of aliphatic imine (C=N–C) groups is 1. The van der Waals surface area contributed by atoms with Crippen LogP contribution in [0.1, 0.15) is 19.4 Å². The van der Waals surface area contributed by atoms with E-state index in [0.29, 0.717) is 18.5 Å². The fourth-order valence-corrected chi connectivity index (χ4v) is 2.15. The van der Waals surface area contributed by atoms with Crippen LogP contribution in [-0.2, 0) is 6.42 Å². The van der Waals surface area contributed by atoms with Gasteiger partial charge in [0.1, 0.15) is 0 Å². The van der Waals surface area contributed by atoms with Crippen LogP contribution in [0.5, 0.6) is 0 Å². The summed E-state index contributed by atoms with van der Waals surface area (Å²) in [6.45, 7) is 4.81. The summed E-state index contributed by atoms with van der Waals surface area (Å²) in [6, 6.07) is 15.1. The lowest BCUT2D eigenvalue weighted by molar-refractivity contribution is 0.723. The van der Waals surface area contributed by atoms with Gasteiger partial charge in [-0.15, -0.1) is 24.0 Å². The second kappa shape index (κ2) is 8.09. The number of fused-ring (bicyclic) bond motifs is 1. The molecule has 0 aliphatic carbocycles. The molecule has 0 unspecified atom stereocenters. The zero-order valence-corrected chi connectivity index (χ0v) is 14.3. The van der Waals surface area contributed by atoms with Crippen LogP contribution in [0.25, 0.3) is 10.8 Å².